The van der Waals surface area contributed by atoms with Gasteiger partial charge >= 0.3 is 5.97 Å². The predicted octanol–water partition coefficient (Wildman–Crippen LogP) is 2.16. The molecule has 3 rings (SSSR count). The lowest BCUT2D eigenvalue weighted by molar-refractivity contribution is -0.138. The number of ether oxygens (including phenoxy) is 3. The van der Waals surface area contributed by atoms with E-state index in [-0.39, 0.29) is 18.3 Å². The van der Waals surface area contributed by atoms with Crippen LogP contribution in [0, 0.1) is 6.92 Å². The number of aryl methyl sites for hydroxylation is 1. The summed E-state index contributed by atoms with van der Waals surface area (Å²) >= 11 is 0. The van der Waals surface area contributed by atoms with Gasteiger partial charge in [-0.25, -0.2) is 4.79 Å². The van der Waals surface area contributed by atoms with Crippen molar-refractivity contribution in [2.24, 2.45) is 0 Å². The summed E-state index contributed by atoms with van der Waals surface area (Å²) in [4.78, 5) is 26.0. The number of carbonyl (C=O) groups is 2. The second kappa shape index (κ2) is 7.57. The summed E-state index contributed by atoms with van der Waals surface area (Å²) in [5.41, 5.74) is 1.24. The Bertz CT molecular complexity index is 775. The van der Waals surface area contributed by atoms with Gasteiger partial charge in [-0.05, 0) is 32.0 Å². The van der Waals surface area contributed by atoms with Gasteiger partial charge in [-0.15, -0.1) is 0 Å². The van der Waals surface area contributed by atoms with Gasteiger partial charge in [0.1, 0.15) is 11.3 Å². The smallest absolute Gasteiger partial charge is 0.375 e. The fraction of sp³-hybridized carbons (Fsp3) is 0.444. The van der Waals surface area contributed by atoms with Crippen molar-refractivity contribution in [3.63, 3.8) is 0 Å². The van der Waals surface area contributed by atoms with Crippen LogP contribution in [-0.2, 0) is 14.3 Å². The van der Waals surface area contributed by atoms with Crippen LogP contribution in [0.15, 0.2) is 22.6 Å². The third kappa shape index (κ3) is 3.76. The Hall–Kier alpha value is -2.54. The highest BCUT2D eigenvalue weighted by atomic mass is 16.5. The second-order valence-corrected chi connectivity index (χ2v) is 5.72. The van der Waals surface area contributed by atoms with Gasteiger partial charge in [0.15, 0.2) is 6.61 Å². The SMILES string of the molecule is CCOc1ccc2oc(C(=O)OCC(=O)N3CCOCC3)c(C)c2c1. The molecule has 0 N–H and O–H groups in total. The fourth-order valence-corrected chi connectivity index (χ4v) is 2.75. The van der Waals surface area contributed by atoms with E-state index in [2.05, 4.69) is 0 Å². The molecule has 0 spiro atoms. The van der Waals surface area contributed by atoms with Crippen molar-refractivity contribution in [1.29, 1.82) is 0 Å². The van der Waals surface area contributed by atoms with Gasteiger partial charge in [-0.2, -0.15) is 0 Å². The number of fused-ring (bicyclic) bond motifs is 1. The van der Waals surface area contributed by atoms with Crippen LogP contribution in [-0.4, -0.2) is 56.3 Å². The summed E-state index contributed by atoms with van der Waals surface area (Å²) in [6.45, 7) is 5.97. The molecule has 1 saturated heterocycles. The quantitative estimate of drug-likeness (QED) is 0.771. The molecule has 2 heterocycles. The molecule has 1 aromatic carbocycles. The molecular formula is C18H21NO6. The fourth-order valence-electron chi connectivity index (χ4n) is 2.75. The largest absolute Gasteiger partial charge is 0.494 e. The highest BCUT2D eigenvalue weighted by molar-refractivity contribution is 5.97. The Balaban J connectivity index is 1.69. The van der Waals surface area contributed by atoms with Crippen LogP contribution in [0.25, 0.3) is 11.0 Å². The summed E-state index contributed by atoms with van der Waals surface area (Å²) < 4.78 is 21.4. The Morgan fingerprint density at radius 3 is 2.72 bits per heavy atom. The average Bonchev–Trinajstić information content (AvgIpc) is 2.97. The van der Waals surface area contributed by atoms with E-state index in [4.69, 9.17) is 18.6 Å². The molecular weight excluding hydrogens is 326 g/mol. The zero-order valence-electron chi connectivity index (χ0n) is 14.4. The van der Waals surface area contributed by atoms with E-state index in [0.29, 0.717) is 49.8 Å². The number of rotatable bonds is 5. The minimum atomic E-state index is -0.645. The summed E-state index contributed by atoms with van der Waals surface area (Å²) in [7, 11) is 0. The molecule has 0 radical (unpaired) electrons. The second-order valence-electron chi connectivity index (χ2n) is 5.72. The van der Waals surface area contributed by atoms with E-state index in [1.165, 1.54) is 0 Å². The van der Waals surface area contributed by atoms with Gasteiger partial charge in [0.25, 0.3) is 5.91 Å². The lowest BCUT2D eigenvalue weighted by Gasteiger charge is -2.26. The maximum atomic E-state index is 12.3. The molecule has 1 fully saturated rings. The molecule has 1 aliphatic heterocycles. The van der Waals surface area contributed by atoms with Crippen LogP contribution >= 0.6 is 0 Å². The molecule has 1 amide bonds. The van der Waals surface area contributed by atoms with Gasteiger partial charge in [-0.3, -0.25) is 4.79 Å². The molecule has 0 saturated carbocycles. The van der Waals surface area contributed by atoms with E-state index in [9.17, 15) is 9.59 Å². The minimum absolute atomic E-state index is 0.110. The molecule has 134 valence electrons. The topological polar surface area (TPSA) is 78.2 Å². The maximum absolute atomic E-state index is 12.3. The normalized spacial score (nSPS) is 14.6. The van der Waals surface area contributed by atoms with E-state index < -0.39 is 5.97 Å². The van der Waals surface area contributed by atoms with Crippen molar-refractivity contribution in [2.75, 3.05) is 39.5 Å². The standard InChI is InChI=1S/C18H21NO6/c1-3-23-13-4-5-15-14(10-13)12(2)17(25-15)18(21)24-11-16(20)19-6-8-22-9-7-19/h4-5,10H,3,6-9,11H2,1-2H3. The molecule has 7 heteroatoms. The Kier molecular flexibility index (Phi) is 5.23. The number of furan rings is 1. The van der Waals surface area contributed by atoms with Gasteiger partial charge in [0.2, 0.25) is 5.76 Å². The van der Waals surface area contributed by atoms with Crippen molar-refractivity contribution in [1.82, 2.24) is 4.90 Å². The zero-order chi connectivity index (χ0) is 17.8. The van der Waals surface area contributed by atoms with E-state index >= 15 is 0 Å². The Labute approximate surface area is 145 Å². The molecule has 0 aliphatic carbocycles. The molecule has 0 unspecified atom stereocenters. The Morgan fingerprint density at radius 1 is 1.24 bits per heavy atom. The van der Waals surface area contributed by atoms with Crippen LogP contribution in [0.1, 0.15) is 23.0 Å². The number of carbonyl (C=O) groups excluding carboxylic acids is 2. The van der Waals surface area contributed by atoms with Gasteiger partial charge in [-0.1, -0.05) is 0 Å². The number of hydrogen-bond acceptors (Lipinski definition) is 6. The molecule has 0 bridgehead atoms. The first-order valence-electron chi connectivity index (χ1n) is 8.28. The van der Waals surface area contributed by atoms with Crippen molar-refractivity contribution >= 4 is 22.8 Å². The third-order valence-electron chi connectivity index (χ3n) is 4.09. The van der Waals surface area contributed by atoms with E-state index in [0.717, 1.165) is 5.39 Å². The molecule has 25 heavy (non-hydrogen) atoms. The molecule has 1 aromatic heterocycles. The highest BCUT2D eigenvalue weighted by Crippen LogP contribution is 2.29. The third-order valence-corrected chi connectivity index (χ3v) is 4.09. The molecule has 2 aromatic rings. The lowest BCUT2D eigenvalue weighted by Crippen LogP contribution is -2.42. The van der Waals surface area contributed by atoms with Crippen molar-refractivity contribution in [2.45, 2.75) is 13.8 Å². The zero-order valence-corrected chi connectivity index (χ0v) is 14.4. The number of esters is 1. The highest BCUT2D eigenvalue weighted by Gasteiger charge is 2.22. The molecule has 0 atom stereocenters. The van der Waals surface area contributed by atoms with E-state index in [1.807, 2.05) is 13.0 Å². The van der Waals surface area contributed by atoms with Crippen molar-refractivity contribution in [3.8, 4) is 5.75 Å². The van der Waals surface area contributed by atoms with Crippen LogP contribution in [0.4, 0.5) is 0 Å². The molecule has 7 nitrogen and oxygen atoms in total. The summed E-state index contributed by atoms with van der Waals surface area (Å²) in [5, 5.41) is 0.789. The number of nitrogens with zero attached hydrogens (tertiary/aromatic N) is 1. The minimum Gasteiger partial charge on any atom is -0.494 e. The van der Waals surface area contributed by atoms with E-state index in [1.54, 1.807) is 24.0 Å². The number of amides is 1. The summed E-state index contributed by atoms with van der Waals surface area (Å²) in [6, 6.07) is 5.36. The first-order chi connectivity index (χ1) is 12.1. The van der Waals surface area contributed by atoms with Gasteiger partial charge in [0, 0.05) is 24.0 Å². The monoisotopic (exact) mass is 347 g/mol. The average molecular weight is 347 g/mol. The number of benzene rings is 1. The predicted molar refractivity (Wildman–Crippen MR) is 89.8 cm³/mol. The number of morpholine rings is 1. The van der Waals surface area contributed by atoms with Gasteiger partial charge < -0.3 is 23.5 Å². The van der Waals surface area contributed by atoms with Crippen molar-refractivity contribution < 1.29 is 28.2 Å². The molecule has 1 aliphatic rings. The summed E-state index contributed by atoms with van der Waals surface area (Å²) in [6.07, 6.45) is 0. The van der Waals surface area contributed by atoms with Crippen LogP contribution in [0.3, 0.4) is 0 Å². The lowest BCUT2D eigenvalue weighted by atomic mass is 10.1. The van der Waals surface area contributed by atoms with Gasteiger partial charge in [0.05, 0.1) is 19.8 Å². The van der Waals surface area contributed by atoms with Crippen LogP contribution < -0.4 is 4.74 Å². The first kappa shape index (κ1) is 17.3. The Morgan fingerprint density at radius 2 is 2.00 bits per heavy atom. The maximum Gasteiger partial charge on any atom is 0.375 e. The van der Waals surface area contributed by atoms with Crippen LogP contribution in [0.5, 0.6) is 5.75 Å². The van der Waals surface area contributed by atoms with Crippen LogP contribution in [0.2, 0.25) is 0 Å². The summed E-state index contributed by atoms with van der Waals surface area (Å²) in [5.74, 6) is -0.0583. The number of hydrogen-bond donors (Lipinski definition) is 0. The first-order valence-corrected chi connectivity index (χ1v) is 8.28. The van der Waals surface area contributed by atoms with Crippen molar-refractivity contribution in [3.05, 3.63) is 29.5 Å².